The number of para-hydroxylation sites is 1. The molecule has 162 valence electrons. The Morgan fingerprint density at radius 2 is 1.77 bits per heavy atom. The molecule has 0 saturated carbocycles. The molecular weight excluding hydrogens is 392 g/mol. The smallest absolute Gasteiger partial charge is 0.282 e. The van der Waals surface area contributed by atoms with Gasteiger partial charge in [0.2, 0.25) is 0 Å². The Morgan fingerprint density at radius 1 is 1.03 bits per heavy atom. The van der Waals surface area contributed by atoms with E-state index in [1.165, 1.54) is 4.90 Å². The van der Waals surface area contributed by atoms with Crippen LogP contribution in [0.25, 0.3) is 5.57 Å². The predicted molar refractivity (Wildman–Crippen MR) is 120 cm³/mol. The second kappa shape index (κ2) is 8.84. The molecule has 0 spiro atoms. The van der Waals surface area contributed by atoms with Crippen LogP contribution in [0.3, 0.4) is 0 Å². The summed E-state index contributed by atoms with van der Waals surface area (Å²) in [4.78, 5) is 30.7. The van der Waals surface area contributed by atoms with Crippen LogP contribution >= 0.6 is 0 Å². The standard InChI is InChI=1S/C25H28N2O4/c1-4-31-19-13-11-18(12-14-19)27-24(28)22(20-9-5-6-10-21(20)30-3)23(25(27)29)26-15-7-8-17(2)16-26/h5-6,9-14,17H,4,7-8,15-16H2,1-3H3. The molecule has 0 N–H and O–H groups in total. The van der Waals surface area contributed by atoms with E-state index in [9.17, 15) is 9.59 Å². The van der Waals surface area contributed by atoms with Crippen molar-refractivity contribution in [2.45, 2.75) is 26.7 Å². The molecule has 6 nitrogen and oxygen atoms in total. The van der Waals surface area contributed by atoms with Crippen molar-refractivity contribution in [3.63, 3.8) is 0 Å². The van der Waals surface area contributed by atoms with Crippen molar-refractivity contribution >= 4 is 23.1 Å². The lowest BCUT2D eigenvalue weighted by molar-refractivity contribution is -0.120. The summed E-state index contributed by atoms with van der Waals surface area (Å²) in [6.45, 7) is 6.16. The van der Waals surface area contributed by atoms with E-state index in [1.807, 2.05) is 31.2 Å². The van der Waals surface area contributed by atoms with Crippen LogP contribution in [0.1, 0.15) is 32.3 Å². The van der Waals surface area contributed by atoms with E-state index < -0.39 is 0 Å². The molecule has 2 aromatic carbocycles. The summed E-state index contributed by atoms with van der Waals surface area (Å²) in [6.07, 6.45) is 2.12. The molecule has 6 heteroatoms. The Morgan fingerprint density at radius 3 is 2.45 bits per heavy atom. The third kappa shape index (κ3) is 3.90. The van der Waals surface area contributed by atoms with Gasteiger partial charge in [0.25, 0.3) is 11.8 Å². The number of imide groups is 1. The van der Waals surface area contributed by atoms with Crippen molar-refractivity contribution in [1.29, 1.82) is 0 Å². The molecule has 1 unspecified atom stereocenters. The fraction of sp³-hybridized carbons (Fsp3) is 0.360. The molecule has 0 bridgehead atoms. The number of hydrogen-bond acceptors (Lipinski definition) is 5. The van der Waals surface area contributed by atoms with Crippen molar-refractivity contribution in [1.82, 2.24) is 4.90 Å². The average Bonchev–Trinajstić information content (AvgIpc) is 3.04. The second-order valence-corrected chi connectivity index (χ2v) is 7.99. The molecule has 2 aromatic rings. The first kappa shape index (κ1) is 21.0. The van der Waals surface area contributed by atoms with Crippen LogP contribution in [-0.4, -0.2) is 43.5 Å². The molecule has 2 heterocycles. The summed E-state index contributed by atoms with van der Waals surface area (Å²) >= 11 is 0. The van der Waals surface area contributed by atoms with Crippen molar-refractivity contribution < 1.29 is 19.1 Å². The van der Waals surface area contributed by atoms with Gasteiger partial charge in [0.1, 0.15) is 17.2 Å². The van der Waals surface area contributed by atoms with E-state index in [2.05, 4.69) is 11.8 Å². The van der Waals surface area contributed by atoms with E-state index in [4.69, 9.17) is 9.47 Å². The minimum Gasteiger partial charge on any atom is -0.496 e. The first-order valence-corrected chi connectivity index (χ1v) is 10.8. The number of rotatable bonds is 6. The van der Waals surface area contributed by atoms with Crippen molar-refractivity contribution in [3.05, 3.63) is 59.8 Å². The van der Waals surface area contributed by atoms with Crippen LogP contribution in [-0.2, 0) is 9.59 Å². The Kier molecular flexibility index (Phi) is 5.98. The van der Waals surface area contributed by atoms with Gasteiger partial charge in [-0.1, -0.05) is 25.1 Å². The van der Waals surface area contributed by atoms with Gasteiger partial charge in [-0.15, -0.1) is 0 Å². The first-order valence-electron chi connectivity index (χ1n) is 10.8. The SMILES string of the molecule is CCOc1ccc(N2C(=O)C(c3ccccc3OC)=C(N3CCCC(C)C3)C2=O)cc1. The zero-order valence-corrected chi connectivity index (χ0v) is 18.3. The molecular formula is C25H28N2O4. The van der Waals surface area contributed by atoms with Gasteiger partial charge in [-0.05, 0) is 56.0 Å². The number of piperidine rings is 1. The molecule has 0 aliphatic carbocycles. The second-order valence-electron chi connectivity index (χ2n) is 7.99. The van der Waals surface area contributed by atoms with Crippen LogP contribution in [0.5, 0.6) is 11.5 Å². The van der Waals surface area contributed by atoms with Crippen molar-refractivity contribution in [2.24, 2.45) is 5.92 Å². The zero-order valence-electron chi connectivity index (χ0n) is 18.3. The molecule has 31 heavy (non-hydrogen) atoms. The molecule has 0 radical (unpaired) electrons. The summed E-state index contributed by atoms with van der Waals surface area (Å²) in [7, 11) is 1.58. The van der Waals surface area contributed by atoms with Gasteiger partial charge >= 0.3 is 0 Å². The number of hydrogen-bond donors (Lipinski definition) is 0. The Hall–Kier alpha value is -3.28. The maximum absolute atomic E-state index is 13.7. The lowest BCUT2D eigenvalue weighted by Crippen LogP contribution is -2.39. The number of ether oxygens (including phenoxy) is 2. The van der Waals surface area contributed by atoms with Gasteiger partial charge in [-0.25, -0.2) is 4.90 Å². The molecule has 1 fully saturated rings. The highest BCUT2D eigenvalue weighted by Crippen LogP contribution is 2.39. The fourth-order valence-electron chi connectivity index (χ4n) is 4.39. The summed E-state index contributed by atoms with van der Waals surface area (Å²) in [5.41, 5.74) is 2.05. The number of carbonyl (C=O) groups excluding carboxylic acids is 2. The van der Waals surface area contributed by atoms with E-state index in [-0.39, 0.29) is 11.8 Å². The largest absolute Gasteiger partial charge is 0.496 e. The number of amides is 2. The number of nitrogens with zero attached hydrogens (tertiary/aromatic N) is 2. The summed E-state index contributed by atoms with van der Waals surface area (Å²) in [5, 5.41) is 0. The number of anilines is 1. The van der Waals surface area contributed by atoms with E-state index >= 15 is 0 Å². The highest BCUT2D eigenvalue weighted by Gasteiger charge is 2.43. The fourth-order valence-corrected chi connectivity index (χ4v) is 4.39. The van der Waals surface area contributed by atoms with Crippen LogP contribution in [0.15, 0.2) is 54.2 Å². The number of likely N-dealkylation sites (tertiary alicyclic amines) is 1. The Labute approximate surface area is 183 Å². The van der Waals surface area contributed by atoms with Crippen LogP contribution in [0.4, 0.5) is 5.69 Å². The van der Waals surface area contributed by atoms with Crippen LogP contribution in [0, 0.1) is 5.92 Å². The molecule has 2 aliphatic rings. The topological polar surface area (TPSA) is 59.1 Å². The van der Waals surface area contributed by atoms with Crippen molar-refractivity contribution in [2.75, 3.05) is 31.7 Å². The lowest BCUT2D eigenvalue weighted by atomic mass is 9.97. The number of benzene rings is 2. The van der Waals surface area contributed by atoms with Gasteiger partial charge in [0.05, 0.1) is 25.0 Å². The minimum absolute atomic E-state index is 0.288. The van der Waals surface area contributed by atoms with Gasteiger partial charge in [-0.3, -0.25) is 9.59 Å². The molecule has 4 rings (SSSR count). The number of methoxy groups -OCH3 is 1. The number of carbonyl (C=O) groups is 2. The van der Waals surface area contributed by atoms with Crippen LogP contribution < -0.4 is 14.4 Å². The van der Waals surface area contributed by atoms with Gasteiger partial charge < -0.3 is 14.4 Å². The summed E-state index contributed by atoms with van der Waals surface area (Å²) < 4.78 is 11.0. The molecule has 2 amide bonds. The average molecular weight is 421 g/mol. The predicted octanol–water partition coefficient (Wildman–Crippen LogP) is 4.11. The Bertz CT molecular complexity index is 1010. The van der Waals surface area contributed by atoms with E-state index in [0.717, 1.165) is 25.9 Å². The Balaban J connectivity index is 1.80. The first-order chi connectivity index (χ1) is 15.0. The monoisotopic (exact) mass is 420 g/mol. The van der Waals surface area contributed by atoms with E-state index in [0.29, 0.717) is 46.5 Å². The third-order valence-corrected chi connectivity index (χ3v) is 5.81. The highest BCUT2D eigenvalue weighted by molar-refractivity contribution is 6.45. The molecule has 2 aliphatic heterocycles. The maximum atomic E-state index is 13.7. The summed E-state index contributed by atoms with van der Waals surface area (Å²) in [5.74, 6) is 1.13. The molecule has 1 atom stereocenters. The van der Waals surface area contributed by atoms with Crippen LogP contribution in [0.2, 0.25) is 0 Å². The lowest BCUT2D eigenvalue weighted by Gasteiger charge is -2.33. The normalized spacial score (nSPS) is 19.3. The zero-order chi connectivity index (χ0) is 22.0. The summed E-state index contributed by atoms with van der Waals surface area (Å²) in [6, 6.07) is 14.4. The van der Waals surface area contributed by atoms with Crippen molar-refractivity contribution in [3.8, 4) is 11.5 Å². The highest BCUT2D eigenvalue weighted by atomic mass is 16.5. The van der Waals surface area contributed by atoms with Gasteiger partial charge in [0.15, 0.2) is 0 Å². The van der Waals surface area contributed by atoms with E-state index in [1.54, 1.807) is 31.4 Å². The third-order valence-electron chi connectivity index (χ3n) is 5.81. The molecule has 0 aromatic heterocycles. The maximum Gasteiger partial charge on any atom is 0.282 e. The molecule has 1 saturated heterocycles. The minimum atomic E-state index is -0.327. The van der Waals surface area contributed by atoms with Gasteiger partial charge in [0, 0.05) is 18.7 Å². The van der Waals surface area contributed by atoms with Gasteiger partial charge in [-0.2, -0.15) is 0 Å². The quantitative estimate of drug-likeness (QED) is 0.659.